The number of ether oxygens (including phenoxy) is 4. The summed E-state index contributed by atoms with van der Waals surface area (Å²) in [5, 5.41) is 87.1. The lowest BCUT2D eigenvalue weighted by Crippen LogP contribution is -2.69. The lowest BCUT2D eigenvalue weighted by molar-refractivity contribution is -0.361. The quantitative estimate of drug-likeness (QED) is 0.127. The second-order valence-corrected chi connectivity index (χ2v) is 16.3. The van der Waals surface area contributed by atoms with Gasteiger partial charge in [-0.3, -0.25) is 0 Å². The second kappa shape index (κ2) is 13.5. The molecule has 0 unspecified atom stereocenters. The zero-order valence-corrected chi connectivity index (χ0v) is 28.9. The molecule has 3 heterocycles. The summed E-state index contributed by atoms with van der Waals surface area (Å²) in [5.74, 6) is -0.509. The van der Waals surface area contributed by atoms with Crippen molar-refractivity contribution in [2.24, 2.45) is 22.7 Å². The van der Waals surface area contributed by atoms with Gasteiger partial charge >= 0.3 is 5.63 Å². The van der Waals surface area contributed by atoms with Crippen LogP contribution >= 0.6 is 0 Å². The number of aldehydes is 1. The van der Waals surface area contributed by atoms with Crippen LogP contribution in [0.5, 0.6) is 0 Å². The van der Waals surface area contributed by atoms with Gasteiger partial charge in [0.05, 0.1) is 41.7 Å². The Morgan fingerprint density at radius 3 is 2.24 bits per heavy atom. The van der Waals surface area contributed by atoms with Crippen molar-refractivity contribution < 1.29 is 69.0 Å². The molecule has 15 heteroatoms. The van der Waals surface area contributed by atoms with Gasteiger partial charge in [-0.05, 0) is 87.7 Å². The first kappa shape index (κ1) is 37.5. The van der Waals surface area contributed by atoms with Crippen LogP contribution in [0.15, 0.2) is 27.6 Å². The molecule has 18 atom stereocenters. The van der Waals surface area contributed by atoms with E-state index in [1.54, 1.807) is 13.0 Å². The highest BCUT2D eigenvalue weighted by atomic mass is 16.7. The largest absolute Gasteiger partial charge is 0.431 e. The average Bonchev–Trinajstić information content (AvgIpc) is 3.39. The third-order valence-electron chi connectivity index (χ3n) is 14.1. The first-order valence-corrected chi connectivity index (χ1v) is 18.3. The van der Waals surface area contributed by atoms with Gasteiger partial charge in [0.2, 0.25) is 0 Å². The van der Waals surface area contributed by atoms with Gasteiger partial charge in [-0.2, -0.15) is 0 Å². The van der Waals surface area contributed by atoms with Crippen LogP contribution < -0.4 is 5.63 Å². The highest BCUT2D eigenvalue weighted by molar-refractivity contribution is 5.64. The highest BCUT2D eigenvalue weighted by Gasteiger charge is 2.71. The van der Waals surface area contributed by atoms with E-state index < -0.39 is 102 Å². The number of aliphatic hydroxyl groups is 8. The molecule has 0 aromatic carbocycles. The Kier molecular flexibility index (Phi) is 9.89. The molecule has 4 saturated carbocycles. The van der Waals surface area contributed by atoms with Crippen LogP contribution in [0.1, 0.15) is 83.1 Å². The van der Waals surface area contributed by atoms with E-state index in [9.17, 15) is 50.4 Å². The van der Waals surface area contributed by atoms with E-state index in [0.717, 1.165) is 11.8 Å². The highest BCUT2D eigenvalue weighted by Crippen LogP contribution is 2.71. The maximum absolute atomic E-state index is 13.2. The van der Waals surface area contributed by atoms with Gasteiger partial charge in [-0.25, -0.2) is 4.79 Å². The van der Waals surface area contributed by atoms with Crippen molar-refractivity contribution >= 4 is 6.29 Å². The topological polar surface area (TPSA) is 246 Å². The lowest BCUT2D eigenvalue weighted by atomic mass is 9.41. The normalized spacial score (nSPS) is 52.7. The fourth-order valence-electron chi connectivity index (χ4n) is 11.2. The maximum Gasteiger partial charge on any atom is 0.335 e. The molecule has 1 aromatic rings. The Balaban J connectivity index is 1.03. The van der Waals surface area contributed by atoms with E-state index in [4.69, 9.17) is 23.4 Å². The Bertz CT molecular complexity index is 1470. The van der Waals surface area contributed by atoms with Crippen LogP contribution in [0.3, 0.4) is 0 Å². The minimum absolute atomic E-state index is 0.0215. The molecule has 8 N–H and O–H groups in total. The van der Waals surface area contributed by atoms with Crippen molar-refractivity contribution in [3.05, 3.63) is 34.4 Å². The zero-order valence-electron chi connectivity index (χ0n) is 28.9. The van der Waals surface area contributed by atoms with Crippen molar-refractivity contribution in [2.45, 2.75) is 156 Å². The summed E-state index contributed by atoms with van der Waals surface area (Å²) in [7, 11) is 0. The molecule has 1 aromatic heterocycles. The summed E-state index contributed by atoms with van der Waals surface area (Å²) in [4.78, 5) is 24.8. The van der Waals surface area contributed by atoms with Crippen LogP contribution in [0.2, 0.25) is 0 Å². The summed E-state index contributed by atoms with van der Waals surface area (Å²) >= 11 is 0. The van der Waals surface area contributed by atoms with E-state index in [1.165, 1.54) is 12.3 Å². The van der Waals surface area contributed by atoms with Gasteiger partial charge in [0.25, 0.3) is 0 Å². The molecule has 7 rings (SSSR count). The molecule has 0 amide bonds. The van der Waals surface area contributed by atoms with E-state index in [-0.39, 0.29) is 30.6 Å². The van der Waals surface area contributed by atoms with Gasteiger partial charge < -0.3 is 69.0 Å². The molecular weight excluding hydrogens is 672 g/mol. The van der Waals surface area contributed by atoms with Crippen LogP contribution in [0, 0.1) is 22.7 Å². The summed E-state index contributed by atoms with van der Waals surface area (Å²) in [6.07, 6.45) is -8.77. The zero-order chi connectivity index (χ0) is 36.7. The number of rotatable bonds is 7. The monoisotopic (exact) mass is 724 g/mol. The average molecular weight is 725 g/mol. The predicted molar refractivity (Wildman–Crippen MR) is 173 cm³/mol. The molecule has 0 spiro atoms. The van der Waals surface area contributed by atoms with Gasteiger partial charge in [0.1, 0.15) is 49.0 Å². The van der Waals surface area contributed by atoms with Crippen LogP contribution in [-0.2, 0) is 23.7 Å². The summed E-state index contributed by atoms with van der Waals surface area (Å²) in [6.45, 7) is 2.98. The number of carbonyl (C=O) groups is 1. The van der Waals surface area contributed by atoms with Crippen molar-refractivity contribution in [3.63, 3.8) is 0 Å². The maximum atomic E-state index is 13.2. The third-order valence-corrected chi connectivity index (χ3v) is 14.1. The molecule has 15 nitrogen and oxygen atoms in total. The molecule has 6 aliphatic rings. The van der Waals surface area contributed by atoms with E-state index in [1.807, 2.05) is 0 Å². The molecule has 2 saturated heterocycles. The Morgan fingerprint density at radius 1 is 0.843 bits per heavy atom. The molecule has 286 valence electrons. The van der Waals surface area contributed by atoms with E-state index in [0.29, 0.717) is 44.9 Å². The summed E-state index contributed by atoms with van der Waals surface area (Å²) in [5.41, 5.74) is -3.71. The molecule has 2 aliphatic heterocycles. The molecule has 0 bridgehead atoms. The van der Waals surface area contributed by atoms with Crippen LogP contribution in [0.25, 0.3) is 0 Å². The number of aliphatic hydroxyl groups excluding tert-OH is 6. The Morgan fingerprint density at radius 2 is 1.55 bits per heavy atom. The summed E-state index contributed by atoms with van der Waals surface area (Å²) in [6, 6.07) is 3.17. The Labute approximate surface area is 295 Å². The number of hydrogen-bond donors (Lipinski definition) is 8. The molecule has 4 aliphatic carbocycles. The predicted octanol–water partition coefficient (Wildman–Crippen LogP) is -0.788. The standard InChI is InChI=1S/C36H52O15/c1-17-30(51-32-28(43)26(41)25(40)23(14-37)50-32)27(42)29(44)31(48-17)49-19-5-10-34(16-38)21-6-9-33(2)20(18-3-4-24(39)47-15-18)8-12-36(33,46)22(21)7-11-35(34,45)13-19/h3-4,15-17,19-23,25-32,37,40-46H,5-14H2,1-2H3/t17-,19+,20-,21+,22-,23+,25-,26+,27-,28-,29-,30+,31-,32+,33-,34+,35+,36+/m1/s1. The fraction of sp³-hybridized carbons (Fsp3) is 0.833. The summed E-state index contributed by atoms with van der Waals surface area (Å²) < 4.78 is 28.4. The third kappa shape index (κ3) is 5.70. The lowest BCUT2D eigenvalue weighted by Gasteiger charge is -2.65. The van der Waals surface area contributed by atoms with Crippen molar-refractivity contribution in [1.82, 2.24) is 0 Å². The van der Waals surface area contributed by atoms with Crippen molar-refractivity contribution in [2.75, 3.05) is 6.61 Å². The van der Waals surface area contributed by atoms with E-state index in [2.05, 4.69) is 6.92 Å². The van der Waals surface area contributed by atoms with Crippen LogP contribution in [-0.4, -0.2) is 132 Å². The van der Waals surface area contributed by atoms with E-state index >= 15 is 0 Å². The number of hydrogen-bond acceptors (Lipinski definition) is 15. The molecule has 6 fully saturated rings. The SMILES string of the molecule is C[C@H]1O[C@H](O[C@H]2CC[C@]3(C=O)[C@H]4CC[C@]5(C)[C@@H](c6ccc(=O)oc6)CC[C@]5(O)[C@@H]4CC[C@]3(O)C2)[C@H](O)[C@@H](O)[C@H]1O[C@@H]1O[C@@H](CO)[C@@H](O)[C@H](O)[C@H]1O. The molecular formula is C36H52O15. The second-order valence-electron chi connectivity index (χ2n) is 16.3. The van der Waals surface area contributed by atoms with Crippen molar-refractivity contribution in [1.29, 1.82) is 0 Å². The molecule has 0 radical (unpaired) electrons. The van der Waals surface area contributed by atoms with Gasteiger partial charge in [0.15, 0.2) is 12.6 Å². The fourth-order valence-corrected chi connectivity index (χ4v) is 11.2. The first-order chi connectivity index (χ1) is 24.1. The first-order valence-electron chi connectivity index (χ1n) is 18.3. The number of fused-ring (bicyclic) bond motifs is 5. The molecule has 51 heavy (non-hydrogen) atoms. The number of carbonyl (C=O) groups excluding carboxylic acids is 1. The van der Waals surface area contributed by atoms with Crippen molar-refractivity contribution in [3.8, 4) is 0 Å². The smallest absolute Gasteiger partial charge is 0.335 e. The Hall–Kier alpha value is -1.86. The van der Waals surface area contributed by atoms with Gasteiger partial charge in [0, 0.05) is 17.9 Å². The van der Waals surface area contributed by atoms with Gasteiger partial charge in [-0.1, -0.05) is 6.92 Å². The van der Waals surface area contributed by atoms with Gasteiger partial charge in [-0.15, -0.1) is 0 Å². The van der Waals surface area contributed by atoms with Crippen LogP contribution in [0.4, 0.5) is 0 Å². The minimum Gasteiger partial charge on any atom is -0.431 e. The minimum atomic E-state index is -1.72.